The Bertz CT molecular complexity index is 1250. The molecular formula is C28H23N3. The van der Waals surface area contributed by atoms with Crippen LogP contribution < -0.4 is 4.90 Å². The zero-order valence-corrected chi connectivity index (χ0v) is 17.4. The van der Waals surface area contributed by atoms with E-state index in [0.717, 1.165) is 12.4 Å². The lowest BCUT2D eigenvalue weighted by Crippen LogP contribution is -2.30. The lowest BCUT2D eigenvalue weighted by atomic mass is 9.69. The van der Waals surface area contributed by atoms with Gasteiger partial charge < -0.3 is 9.80 Å². The van der Waals surface area contributed by atoms with E-state index in [2.05, 4.69) is 114 Å². The highest BCUT2D eigenvalue weighted by molar-refractivity contribution is 5.86. The van der Waals surface area contributed by atoms with Crippen LogP contribution in [-0.4, -0.2) is 23.6 Å². The molecule has 3 aromatic carbocycles. The second-order valence-corrected chi connectivity index (χ2v) is 8.27. The van der Waals surface area contributed by atoms with Gasteiger partial charge >= 0.3 is 0 Å². The zero-order chi connectivity index (χ0) is 20.8. The molecule has 0 spiro atoms. The van der Waals surface area contributed by atoms with Gasteiger partial charge in [0.15, 0.2) is 0 Å². The Labute approximate surface area is 182 Å². The Kier molecular flexibility index (Phi) is 3.97. The molecule has 1 aliphatic heterocycles. The van der Waals surface area contributed by atoms with E-state index in [1.165, 1.54) is 33.5 Å². The van der Waals surface area contributed by atoms with Crippen molar-refractivity contribution in [3.63, 3.8) is 0 Å². The summed E-state index contributed by atoms with van der Waals surface area (Å²) in [6.07, 6.45) is 6.16. The summed E-state index contributed by atoms with van der Waals surface area (Å²) in [6.45, 7) is 0.854. The third kappa shape index (κ3) is 2.56. The van der Waals surface area contributed by atoms with Crippen LogP contribution in [0.2, 0.25) is 0 Å². The summed E-state index contributed by atoms with van der Waals surface area (Å²) in [7, 11) is 2.10. The van der Waals surface area contributed by atoms with Crippen molar-refractivity contribution >= 4 is 5.69 Å². The molecule has 0 saturated heterocycles. The summed E-state index contributed by atoms with van der Waals surface area (Å²) in [5, 5.41) is 0. The molecule has 150 valence electrons. The van der Waals surface area contributed by atoms with Crippen molar-refractivity contribution in [2.45, 2.75) is 5.41 Å². The van der Waals surface area contributed by atoms with Crippen LogP contribution in [0, 0.1) is 0 Å². The number of aromatic nitrogens is 1. The Hall–Kier alpha value is -3.85. The van der Waals surface area contributed by atoms with Gasteiger partial charge in [-0.1, -0.05) is 66.7 Å². The van der Waals surface area contributed by atoms with Crippen LogP contribution in [0.1, 0.15) is 22.4 Å². The van der Waals surface area contributed by atoms with Gasteiger partial charge in [-0.15, -0.1) is 0 Å². The third-order valence-corrected chi connectivity index (χ3v) is 6.49. The first kappa shape index (κ1) is 18.0. The number of hydrogen-bond acceptors (Lipinski definition) is 3. The SMILES string of the molecule is CN1C=CN(c2cccc(C3(c4ccccn4)c4ccccc4-c4ccccc43)c2)C1. The molecule has 3 heteroatoms. The molecule has 31 heavy (non-hydrogen) atoms. The van der Waals surface area contributed by atoms with Crippen molar-refractivity contribution < 1.29 is 0 Å². The van der Waals surface area contributed by atoms with Crippen molar-refractivity contribution in [2.75, 3.05) is 18.6 Å². The Morgan fingerprint density at radius 3 is 2.10 bits per heavy atom. The van der Waals surface area contributed by atoms with Crippen LogP contribution in [-0.2, 0) is 5.41 Å². The van der Waals surface area contributed by atoms with Crippen LogP contribution in [0.5, 0.6) is 0 Å². The first-order valence-corrected chi connectivity index (χ1v) is 10.6. The number of nitrogens with zero attached hydrogens (tertiary/aromatic N) is 3. The largest absolute Gasteiger partial charge is 0.361 e. The molecule has 6 rings (SSSR count). The van der Waals surface area contributed by atoms with E-state index in [9.17, 15) is 0 Å². The van der Waals surface area contributed by atoms with Gasteiger partial charge in [0.1, 0.15) is 0 Å². The van der Waals surface area contributed by atoms with E-state index in [0.29, 0.717) is 0 Å². The number of hydrogen-bond donors (Lipinski definition) is 0. The van der Waals surface area contributed by atoms with Gasteiger partial charge in [0.25, 0.3) is 0 Å². The predicted molar refractivity (Wildman–Crippen MR) is 126 cm³/mol. The Morgan fingerprint density at radius 1 is 0.742 bits per heavy atom. The molecule has 4 aromatic rings. The van der Waals surface area contributed by atoms with Crippen LogP contribution in [0.4, 0.5) is 5.69 Å². The van der Waals surface area contributed by atoms with E-state index in [1.807, 2.05) is 12.3 Å². The smallest absolute Gasteiger partial charge is 0.0938 e. The lowest BCUT2D eigenvalue weighted by molar-refractivity contribution is 0.495. The first-order valence-electron chi connectivity index (χ1n) is 10.6. The molecule has 0 radical (unpaired) electrons. The van der Waals surface area contributed by atoms with E-state index in [-0.39, 0.29) is 0 Å². The Morgan fingerprint density at radius 2 is 1.45 bits per heavy atom. The summed E-state index contributed by atoms with van der Waals surface area (Å²) < 4.78 is 0. The Balaban J connectivity index is 1.67. The van der Waals surface area contributed by atoms with Gasteiger partial charge in [0, 0.05) is 31.3 Å². The van der Waals surface area contributed by atoms with Gasteiger partial charge in [-0.3, -0.25) is 4.98 Å². The van der Waals surface area contributed by atoms with Gasteiger partial charge in [0.05, 0.1) is 17.8 Å². The topological polar surface area (TPSA) is 19.4 Å². The van der Waals surface area contributed by atoms with Crippen molar-refractivity contribution in [2.24, 2.45) is 0 Å². The molecule has 3 nitrogen and oxygen atoms in total. The summed E-state index contributed by atoms with van der Waals surface area (Å²) in [5.74, 6) is 0. The molecular weight excluding hydrogens is 378 g/mol. The fraction of sp³-hybridized carbons (Fsp3) is 0.107. The predicted octanol–water partition coefficient (Wildman–Crippen LogP) is 5.63. The second-order valence-electron chi connectivity index (χ2n) is 8.27. The quantitative estimate of drug-likeness (QED) is 0.391. The van der Waals surface area contributed by atoms with Crippen molar-refractivity contribution in [1.82, 2.24) is 9.88 Å². The normalized spacial score (nSPS) is 15.8. The van der Waals surface area contributed by atoms with Crippen molar-refractivity contribution in [1.29, 1.82) is 0 Å². The molecule has 0 atom stereocenters. The maximum absolute atomic E-state index is 4.91. The minimum Gasteiger partial charge on any atom is -0.361 e. The average molecular weight is 402 g/mol. The van der Waals surface area contributed by atoms with E-state index >= 15 is 0 Å². The number of pyridine rings is 1. The minimum absolute atomic E-state index is 0.445. The maximum atomic E-state index is 4.91. The molecule has 0 fully saturated rings. The van der Waals surface area contributed by atoms with Gasteiger partial charge in [0.2, 0.25) is 0 Å². The average Bonchev–Trinajstić information content (AvgIpc) is 3.40. The molecule has 2 aliphatic rings. The second kappa shape index (κ2) is 6.85. The van der Waals surface area contributed by atoms with Crippen molar-refractivity contribution in [3.05, 3.63) is 132 Å². The van der Waals surface area contributed by atoms with Crippen LogP contribution in [0.15, 0.2) is 110 Å². The van der Waals surface area contributed by atoms with Crippen molar-refractivity contribution in [3.8, 4) is 11.1 Å². The summed E-state index contributed by atoms with van der Waals surface area (Å²) in [6, 6.07) is 32.7. The molecule has 0 unspecified atom stereocenters. The fourth-order valence-electron chi connectivity index (χ4n) is 5.17. The number of anilines is 1. The number of benzene rings is 3. The van der Waals surface area contributed by atoms with Crippen LogP contribution in [0.25, 0.3) is 11.1 Å². The van der Waals surface area contributed by atoms with Crippen LogP contribution in [0.3, 0.4) is 0 Å². The van der Waals surface area contributed by atoms with Gasteiger partial charge in [-0.25, -0.2) is 0 Å². The number of rotatable bonds is 3. The fourth-order valence-corrected chi connectivity index (χ4v) is 5.17. The minimum atomic E-state index is -0.445. The molecule has 1 aromatic heterocycles. The molecule has 0 saturated carbocycles. The molecule has 0 amide bonds. The van der Waals surface area contributed by atoms with Gasteiger partial charge in [-0.2, -0.15) is 0 Å². The third-order valence-electron chi connectivity index (χ3n) is 6.49. The molecule has 2 heterocycles. The van der Waals surface area contributed by atoms with E-state index < -0.39 is 5.41 Å². The number of fused-ring (bicyclic) bond motifs is 3. The van der Waals surface area contributed by atoms with Crippen LogP contribution >= 0.6 is 0 Å². The highest BCUT2D eigenvalue weighted by Crippen LogP contribution is 2.55. The highest BCUT2D eigenvalue weighted by Gasteiger charge is 2.47. The monoisotopic (exact) mass is 401 g/mol. The van der Waals surface area contributed by atoms with Gasteiger partial charge in [-0.05, 0) is 52.1 Å². The maximum Gasteiger partial charge on any atom is 0.0938 e. The zero-order valence-electron chi connectivity index (χ0n) is 17.4. The van der Waals surface area contributed by atoms with E-state index in [4.69, 9.17) is 4.98 Å². The summed E-state index contributed by atoms with van der Waals surface area (Å²) >= 11 is 0. The molecule has 1 aliphatic carbocycles. The first-order chi connectivity index (χ1) is 15.3. The van der Waals surface area contributed by atoms with E-state index in [1.54, 1.807) is 0 Å². The molecule has 0 N–H and O–H groups in total. The summed E-state index contributed by atoms with van der Waals surface area (Å²) in [5.41, 5.74) is 8.20. The summed E-state index contributed by atoms with van der Waals surface area (Å²) in [4.78, 5) is 9.37. The molecule has 0 bridgehead atoms. The lowest BCUT2D eigenvalue weighted by Gasteiger charge is -2.33. The standard InChI is InChI=1S/C28H23N3/c1-30-17-18-31(20-30)22-10-8-9-21(19-22)28(27-15-6-7-16-29-27)25-13-4-2-11-23(25)24-12-3-5-14-26(24)28/h2-19H,20H2,1H3. The highest BCUT2D eigenvalue weighted by atomic mass is 15.3.